The van der Waals surface area contributed by atoms with Gasteiger partial charge in [0, 0.05) is 61.6 Å². The van der Waals surface area contributed by atoms with Gasteiger partial charge in [-0.05, 0) is 66.9 Å². The summed E-state index contributed by atoms with van der Waals surface area (Å²) in [5.74, 6) is 1.50. The van der Waals surface area contributed by atoms with E-state index in [1.807, 2.05) is 41.2 Å². The summed E-state index contributed by atoms with van der Waals surface area (Å²) in [4.78, 5) is 2.39. The van der Waals surface area contributed by atoms with Gasteiger partial charge in [-0.3, -0.25) is 4.90 Å². The standard InChI is InChI=1S/C28H30F3N5O2/c1-37-18-26-24-8-7-23(38-2)15-25(24)27(34-33-26)32-21-10-12-35(13-11-21)16-19-9-14-36(17-19)22-5-3-20(4-6-22)28(29,30)31/h3-9,14-15,17,21H,10-13,16,18H2,1-2H3,(H,32,34). The molecular formula is C28H30F3N5O2. The van der Waals surface area contributed by atoms with E-state index >= 15 is 0 Å². The number of hydrogen-bond donors (Lipinski definition) is 1. The molecule has 0 unspecified atom stereocenters. The van der Waals surface area contributed by atoms with Crippen molar-refractivity contribution in [3.05, 3.63) is 77.7 Å². The van der Waals surface area contributed by atoms with E-state index in [0.29, 0.717) is 12.3 Å². The Morgan fingerprint density at radius 3 is 2.42 bits per heavy atom. The van der Waals surface area contributed by atoms with Crippen LogP contribution in [0.25, 0.3) is 16.5 Å². The molecule has 4 aromatic rings. The van der Waals surface area contributed by atoms with Crippen molar-refractivity contribution in [1.29, 1.82) is 0 Å². The lowest BCUT2D eigenvalue weighted by Crippen LogP contribution is -2.38. The van der Waals surface area contributed by atoms with Crippen molar-refractivity contribution in [2.75, 3.05) is 32.6 Å². The molecule has 0 amide bonds. The fourth-order valence-corrected chi connectivity index (χ4v) is 4.87. The Kier molecular flexibility index (Phi) is 7.53. The predicted molar refractivity (Wildman–Crippen MR) is 139 cm³/mol. The molecular weight excluding hydrogens is 495 g/mol. The number of aromatic nitrogens is 3. The minimum absolute atomic E-state index is 0.264. The highest BCUT2D eigenvalue weighted by Crippen LogP contribution is 2.31. The van der Waals surface area contributed by atoms with E-state index in [0.717, 1.165) is 78.2 Å². The molecule has 10 heteroatoms. The van der Waals surface area contributed by atoms with Crippen LogP contribution in [0.3, 0.4) is 0 Å². The van der Waals surface area contributed by atoms with Gasteiger partial charge in [0.15, 0.2) is 5.82 Å². The quantitative estimate of drug-likeness (QED) is 0.320. The summed E-state index contributed by atoms with van der Waals surface area (Å²) in [5, 5.41) is 14.4. The maximum atomic E-state index is 12.8. The van der Waals surface area contributed by atoms with Gasteiger partial charge in [0.25, 0.3) is 0 Å². The highest BCUT2D eigenvalue weighted by molar-refractivity contribution is 5.94. The molecule has 2 aromatic carbocycles. The zero-order chi connectivity index (χ0) is 26.7. The predicted octanol–water partition coefficient (Wildman–Crippen LogP) is 5.67. The Morgan fingerprint density at radius 1 is 0.974 bits per heavy atom. The first-order valence-corrected chi connectivity index (χ1v) is 12.5. The number of benzene rings is 2. The van der Waals surface area contributed by atoms with Crippen LogP contribution in [0.5, 0.6) is 5.75 Å². The van der Waals surface area contributed by atoms with Crippen molar-refractivity contribution < 1.29 is 22.6 Å². The summed E-state index contributed by atoms with van der Waals surface area (Å²) in [5.41, 5.74) is 1.96. The second-order valence-corrected chi connectivity index (χ2v) is 9.51. The minimum Gasteiger partial charge on any atom is -0.497 e. The third-order valence-corrected chi connectivity index (χ3v) is 6.93. The molecule has 1 N–H and O–H groups in total. The molecule has 2 aromatic heterocycles. The second kappa shape index (κ2) is 11.0. The van der Waals surface area contributed by atoms with E-state index < -0.39 is 11.7 Å². The highest BCUT2D eigenvalue weighted by Gasteiger charge is 2.30. The number of anilines is 1. The van der Waals surface area contributed by atoms with Gasteiger partial charge in [-0.1, -0.05) is 0 Å². The zero-order valence-corrected chi connectivity index (χ0v) is 21.3. The van der Waals surface area contributed by atoms with Crippen molar-refractivity contribution in [2.45, 2.75) is 38.2 Å². The molecule has 5 rings (SSSR count). The van der Waals surface area contributed by atoms with Gasteiger partial charge in [-0.2, -0.15) is 18.3 Å². The number of fused-ring (bicyclic) bond motifs is 1. The Hall–Kier alpha value is -3.63. The number of nitrogens with one attached hydrogen (secondary N) is 1. The van der Waals surface area contributed by atoms with Crippen molar-refractivity contribution in [3.63, 3.8) is 0 Å². The molecule has 0 saturated carbocycles. The van der Waals surface area contributed by atoms with Crippen LogP contribution in [-0.4, -0.2) is 53.0 Å². The molecule has 0 atom stereocenters. The van der Waals surface area contributed by atoms with Crippen LogP contribution in [0.15, 0.2) is 60.9 Å². The van der Waals surface area contributed by atoms with Gasteiger partial charge in [0.05, 0.1) is 25.0 Å². The lowest BCUT2D eigenvalue weighted by atomic mass is 10.0. The number of hydrogen-bond acceptors (Lipinski definition) is 6. The van der Waals surface area contributed by atoms with E-state index in [1.54, 1.807) is 14.2 Å². The fourth-order valence-electron chi connectivity index (χ4n) is 4.87. The third-order valence-electron chi connectivity index (χ3n) is 6.93. The third kappa shape index (κ3) is 5.76. The van der Waals surface area contributed by atoms with Gasteiger partial charge in [-0.25, -0.2) is 0 Å². The maximum absolute atomic E-state index is 12.8. The van der Waals surface area contributed by atoms with E-state index in [-0.39, 0.29) is 6.04 Å². The summed E-state index contributed by atoms with van der Waals surface area (Å²) in [6, 6.07) is 13.4. The monoisotopic (exact) mass is 525 g/mol. The number of methoxy groups -OCH3 is 2. The highest BCUT2D eigenvalue weighted by atomic mass is 19.4. The Labute approximate surface area is 219 Å². The minimum atomic E-state index is -4.33. The van der Waals surface area contributed by atoms with Crippen molar-refractivity contribution >= 4 is 16.6 Å². The normalized spacial score (nSPS) is 15.2. The van der Waals surface area contributed by atoms with E-state index in [1.165, 1.54) is 12.1 Å². The Bertz CT molecular complexity index is 1380. The Balaban J connectivity index is 1.20. The molecule has 0 bridgehead atoms. The number of ether oxygens (including phenoxy) is 2. The van der Waals surface area contributed by atoms with Crippen molar-refractivity contribution in [2.24, 2.45) is 0 Å². The van der Waals surface area contributed by atoms with Crippen LogP contribution in [0.4, 0.5) is 19.0 Å². The van der Waals surface area contributed by atoms with Gasteiger partial charge >= 0.3 is 6.18 Å². The number of nitrogens with zero attached hydrogens (tertiary/aromatic N) is 4. The van der Waals surface area contributed by atoms with Gasteiger partial charge in [0.1, 0.15) is 5.75 Å². The molecule has 200 valence electrons. The van der Waals surface area contributed by atoms with Gasteiger partial charge in [-0.15, -0.1) is 5.10 Å². The SMILES string of the molecule is COCc1nnc(NC2CCN(Cc3ccn(-c4ccc(C(F)(F)F)cc4)c3)CC2)c2cc(OC)ccc12. The topological polar surface area (TPSA) is 64.4 Å². The van der Waals surface area contributed by atoms with Crippen molar-refractivity contribution in [3.8, 4) is 11.4 Å². The van der Waals surface area contributed by atoms with Crippen LogP contribution in [-0.2, 0) is 24.1 Å². The number of halogens is 3. The summed E-state index contributed by atoms with van der Waals surface area (Å²) in [6.45, 7) is 3.00. The smallest absolute Gasteiger partial charge is 0.416 e. The molecule has 38 heavy (non-hydrogen) atoms. The lowest BCUT2D eigenvalue weighted by Gasteiger charge is -2.32. The largest absolute Gasteiger partial charge is 0.497 e. The van der Waals surface area contributed by atoms with E-state index in [2.05, 4.69) is 20.4 Å². The molecule has 1 aliphatic rings. The molecule has 3 heterocycles. The van der Waals surface area contributed by atoms with Crippen molar-refractivity contribution in [1.82, 2.24) is 19.7 Å². The van der Waals surface area contributed by atoms with Gasteiger partial charge in [0.2, 0.25) is 0 Å². The van der Waals surface area contributed by atoms with Crippen LogP contribution < -0.4 is 10.1 Å². The lowest BCUT2D eigenvalue weighted by molar-refractivity contribution is -0.137. The fraction of sp³-hybridized carbons (Fsp3) is 0.357. The van der Waals surface area contributed by atoms with Crippen LogP contribution >= 0.6 is 0 Å². The van der Waals surface area contributed by atoms with E-state index in [9.17, 15) is 13.2 Å². The van der Waals surface area contributed by atoms with Crippen LogP contribution in [0.1, 0.15) is 29.7 Å². The number of alkyl halides is 3. The first-order valence-electron chi connectivity index (χ1n) is 12.5. The molecule has 1 aliphatic heterocycles. The summed E-state index contributed by atoms with van der Waals surface area (Å²) in [7, 11) is 3.28. The number of piperidine rings is 1. The summed E-state index contributed by atoms with van der Waals surface area (Å²) < 4.78 is 51.1. The molecule has 0 aliphatic carbocycles. The average molecular weight is 526 g/mol. The number of likely N-dealkylation sites (tertiary alicyclic amines) is 1. The molecule has 0 spiro atoms. The Morgan fingerprint density at radius 2 is 1.74 bits per heavy atom. The number of rotatable bonds is 8. The summed E-state index contributed by atoms with van der Waals surface area (Å²) in [6.07, 6.45) is 1.43. The first-order chi connectivity index (χ1) is 18.3. The van der Waals surface area contributed by atoms with Crippen LogP contribution in [0, 0.1) is 0 Å². The molecule has 7 nitrogen and oxygen atoms in total. The van der Waals surface area contributed by atoms with Crippen LogP contribution in [0.2, 0.25) is 0 Å². The molecule has 1 fully saturated rings. The summed E-state index contributed by atoms with van der Waals surface area (Å²) >= 11 is 0. The zero-order valence-electron chi connectivity index (χ0n) is 21.3. The average Bonchev–Trinajstić information content (AvgIpc) is 3.39. The maximum Gasteiger partial charge on any atom is 0.416 e. The molecule has 0 radical (unpaired) electrons. The van der Waals surface area contributed by atoms with Gasteiger partial charge < -0.3 is 19.4 Å². The second-order valence-electron chi connectivity index (χ2n) is 9.51. The first kappa shape index (κ1) is 26.0. The van der Waals surface area contributed by atoms with E-state index in [4.69, 9.17) is 9.47 Å². The molecule has 1 saturated heterocycles.